The number of hydrazone groups is 1. The fourth-order valence-corrected chi connectivity index (χ4v) is 4.03. The molecule has 0 bridgehead atoms. The number of benzene rings is 3. The molecule has 29 heavy (non-hydrogen) atoms. The van der Waals surface area contributed by atoms with Crippen LogP contribution in [0, 0.1) is 5.82 Å². The van der Waals surface area contributed by atoms with E-state index in [4.69, 9.17) is 14.6 Å². The molecule has 2 aliphatic heterocycles. The first-order chi connectivity index (χ1) is 14.2. The minimum Gasteiger partial charge on any atom is -0.493 e. The predicted octanol–water partition coefficient (Wildman–Crippen LogP) is 5.47. The molecule has 3 aromatic rings. The average Bonchev–Trinajstić information content (AvgIpc) is 3.20. The lowest BCUT2D eigenvalue weighted by Gasteiger charge is -2.38. The van der Waals surface area contributed by atoms with Gasteiger partial charge in [-0.15, -0.1) is 0 Å². The van der Waals surface area contributed by atoms with E-state index < -0.39 is 6.23 Å². The Kier molecular flexibility index (Phi) is 4.43. The Hall–Kier alpha value is -3.34. The molecular weight excluding hydrogens is 367 g/mol. The molecule has 2 aliphatic rings. The zero-order valence-corrected chi connectivity index (χ0v) is 16.1. The van der Waals surface area contributed by atoms with Gasteiger partial charge in [-0.2, -0.15) is 5.10 Å². The third kappa shape index (κ3) is 3.12. The van der Waals surface area contributed by atoms with E-state index in [0.717, 1.165) is 40.3 Å². The number of rotatable bonds is 4. The summed E-state index contributed by atoms with van der Waals surface area (Å²) in [4.78, 5) is 0. The Morgan fingerprint density at radius 3 is 2.52 bits per heavy atom. The molecular formula is C24H21FN2O2. The SMILES string of the molecule is CCOc1ccccc1[C@@H]1Oc2ccccc2[C@H]2CC(c3ccc(F)cc3)=NN21. The largest absolute Gasteiger partial charge is 0.493 e. The van der Waals surface area contributed by atoms with Gasteiger partial charge in [-0.05, 0) is 42.8 Å². The van der Waals surface area contributed by atoms with E-state index in [9.17, 15) is 4.39 Å². The summed E-state index contributed by atoms with van der Waals surface area (Å²) < 4.78 is 25.6. The van der Waals surface area contributed by atoms with Crippen LogP contribution in [0.4, 0.5) is 4.39 Å². The lowest BCUT2D eigenvalue weighted by atomic mass is 9.96. The molecule has 0 aliphatic carbocycles. The van der Waals surface area contributed by atoms with Gasteiger partial charge in [0, 0.05) is 12.0 Å². The van der Waals surface area contributed by atoms with E-state index in [1.54, 1.807) is 12.1 Å². The third-order valence-corrected chi connectivity index (χ3v) is 5.36. The molecule has 0 fully saturated rings. The quantitative estimate of drug-likeness (QED) is 0.595. The van der Waals surface area contributed by atoms with E-state index in [1.807, 2.05) is 54.4 Å². The van der Waals surface area contributed by atoms with Gasteiger partial charge in [-0.25, -0.2) is 9.40 Å². The number of hydrogen-bond acceptors (Lipinski definition) is 4. The van der Waals surface area contributed by atoms with Crippen molar-refractivity contribution in [3.8, 4) is 11.5 Å². The van der Waals surface area contributed by atoms with Crippen LogP contribution in [0.1, 0.15) is 42.3 Å². The molecule has 0 saturated carbocycles. The minimum atomic E-state index is -0.393. The highest BCUT2D eigenvalue weighted by Gasteiger charge is 2.41. The molecule has 0 spiro atoms. The van der Waals surface area contributed by atoms with E-state index in [2.05, 4.69) is 6.07 Å². The molecule has 0 unspecified atom stereocenters. The molecule has 0 N–H and O–H groups in total. The third-order valence-electron chi connectivity index (χ3n) is 5.36. The zero-order valence-electron chi connectivity index (χ0n) is 16.1. The van der Waals surface area contributed by atoms with Crippen molar-refractivity contribution in [2.24, 2.45) is 5.10 Å². The number of hydrogen-bond donors (Lipinski definition) is 0. The van der Waals surface area contributed by atoms with Gasteiger partial charge in [-0.3, -0.25) is 0 Å². The van der Waals surface area contributed by atoms with Gasteiger partial charge in [0.25, 0.3) is 0 Å². The first-order valence-electron chi connectivity index (χ1n) is 9.83. The van der Waals surface area contributed by atoms with Gasteiger partial charge in [0.1, 0.15) is 17.3 Å². The smallest absolute Gasteiger partial charge is 0.217 e. The maximum atomic E-state index is 13.4. The lowest BCUT2D eigenvalue weighted by molar-refractivity contribution is -0.0205. The second kappa shape index (κ2) is 7.24. The van der Waals surface area contributed by atoms with Gasteiger partial charge in [0.05, 0.1) is 23.9 Å². The molecule has 5 heteroatoms. The van der Waals surface area contributed by atoms with Gasteiger partial charge in [0.15, 0.2) is 0 Å². The zero-order chi connectivity index (χ0) is 19.8. The van der Waals surface area contributed by atoms with Crippen molar-refractivity contribution in [2.75, 3.05) is 6.61 Å². The van der Waals surface area contributed by atoms with Crippen LogP contribution >= 0.6 is 0 Å². The van der Waals surface area contributed by atoms with Crippen LogP contribution in [-0.4, -0.2) is 17.3 Å². The molecule has 4 nitrogen and oxygen atoms in total. The van der Waals surface area contributed by atoms with E-state index >= 15 is 0 Å². The molecule has 2 heterocycles. The van der Waals surface area contributed by atoms with Crippen molar-refractivity contribution in [3.63, 3.8) is 0 Å². The van der Waals surface area contributed by atoms with Crippen molar-refractivity contribution >= 4 is 5.71 Å². The van der Waals surface area contributed by atoms with Crippen LogP contribution in [-0.2, 0) is 0 Å². The fourth-order valence-electron chi connectivity index (χ4n) is 4.03. The van der Waals surface area contributed by atoms with Gasteiger partial charge >= 0.3 is 0 Å². The highest BCUT2D eigenvalue weighted by molar-refractivity contribution is 6.01. The number of nitrogens with zero attached hydrogens (tertiary/aromatic N) is 2. The van der Waals surface area contributed by atoms with E-state index in [-0.39, 0.29) is 11.9 Å². The summed E-state index contributed by atoms with van der Waals surface area (Å²) in [6.07, 6.45) is 0.342. The standard InChI is InChI=1S/C24H21FN2O2/c1-2-28-22-9-5-4-8-19(22)24-27-21(18-7-3-6-10-23(18)29-24)15-20(26-27)16-11-13-17(25)14-12-16/h3-14,21,24H,2,15H2,1H3/t21-,24+/m1/s1. The predicted molar refractivity (Wildman–Crippen MR) is 110 cm³/mol. The Bertz CT molecular complexity index is 1060. The first-order valence-corrected chi connectivity index (χ1v) is 9.83. The molecule has 0 saturated heterocycles. The van der Waals surface area contributed by atoms with Crippen LogP contribution in [0.15, 0.2) is 77.9 Å². The van der Waals surface area contributed by atoms with Crippen LogP contribution in [0.2, 0.25) is 0 Å². The maximum absolute atomic E-state index is 13.4. The summed E-state index contributed by atoms with van der Waals surface area (Å²) in [5.41, 5.74) is 3.90. The normalized spacial score (nSPS) is 19.8. The van der Waals surface area contributed by atoms with Crippen LogP contribution in [0.25, 0.3) is 0 Å². The lowest BCUT2D eigenvalue weighted by Crippen LogP contribution is -2.34. The summed E-state index contributed by atoms with van der Waals surface area (Å²) in [6, 6.07) is 22.6. The Morgan fingerprint density at radius 2 is 1.72 bits per heavy atom. The Morgan fingerprint density at radius 1 is 1.00 bits per heavy atom. The topological polar surface area (TPSA) is 34.1 Å². The van der Waals surface area contributed by atoms with Gasteiger partial charge in [0.2, 0.25) is 6.23 Å². The second-order valence-corrected chi connectivity index (χ2v) is 7.13. The monoisotopic (exact) mass is 388 g/mol. The van der Waals surface area contributed by atoms with Crippen molar-refractivity contribution in [1.29, 1.82) is 0 Å². The summed E-state index contributed by atoms with van der Waals surface area (Å²) in [5.74, 6) is 1.41. The van der Waals surface area contributed by atoms with Gasteiger partial charge < -0.3 is 9.47 Å². The average molecular weight is 388 g/mol. The van der Waals surface area contributed by atoms with Crippen molar-refractivity contribution in [1.82, 2.24) is 5.01 Å². The van der Waals surface area contributed by atoms with E-state index in [0.29, 0.717) is 6.61 Å². The number of halogens is 1. The highest BCUT2D eigenvalue weighted by Crippen LogP contribution is 2.48. The summed E-state index contributed by atoms with van der Waals surface area (Å²) in [7, 11) is 0. The van der Waals surface area contributed by atoms with Crippen molar-refractivity contribution in [3.05, 3.63) is 95.3 Å². The summed E-state index contributed by atoms with van der Waals surface area (Å²) in [5, 5.41) is 6.93. The van der Waals surface area contributed by atoms with Crippen molar-refractivity contribution < 1.29 is 13.9 Å². The molecule has 0 aromatic heterocycles. The number of para-hydroxylation sites is 2. The highest BCUT2D eigenvalue weighted by atomic mass is 19.1. The first kappa shape index (κ1) is 17.7. The molecule has 0 radical (unpaired) electrons. The number of fused-ring (bicyclic) bond motifs is 3. The molecule has 0 amide bonds. The Balaban J connectivity index is 1.60. The molecule has 3 aromatic carbocycles. The van der Waals surface area contributed by atoms with Gasteiger partial charge in [-0.1, -0.05) is 42.5 Å². The molecule has 146 valence electrons. The second-order valence-electron chi connectivity index (χ2n) is 7.13. The van der Waals surface area contributed by atoms with Crippen LogP contribution in [0.3, 0.4) is 0 Å². The molecule has 2 atom stereocenters. The Labute approximate surface area is 169 Å². The molecule has 5 rings (SSSR count). The minimum absolute atomic E-state index is 0.0553. The van der Waals surface area contributed by atoms with Crippen LogP contribution < -0.4 is 9.47 Å². The number of ether oxygens (including phenoxy) is 2. The maximum Gasteiger partial charge on any atom is 0.217 e. The van der Waals surface area contributed by atoms with Crippen LogP contribution in [0.5, 0.6) is 11.5 Å². The summed E-state index contributed by atoms with van der Waals surface area (Å²) in [6.45, 7) is 2.55. The van der Waals surface area contributed by atoms with Crippen molar-refractivity contribution in [2.45, 2.75) is 25.6 Å². The van der Waals surface area contributed by atoms with E-state index in [1.165, 1.54) is 12.1 Å². The fraction of sp³-hybridized carbons (Fsp3) is 0.208. The summed E-state index contributed by atoms with van der Waals surface area (Å²) >= 11 is 0.